The molecule has 3 aromatic rings. The van der Waals surface area contributed by atoms with Crippen LogP contribution in [0.25, 0.3) is 11.1 Å². The topological polar surface area (TPSA) is 40.1 Å². The molecule has 22 heavy (non-hydrogen) atoms. The van der Waals surface area contributed by atoms with Crippen LogP contribution in [0.2, 0.25) is 0 Å². The Morgan fingerprint density at radius 3 is 1.55 bits per heavy atom. The van der Waals surface area contributed by atoms with Gasteiger partial charge in [-0.25, -0.2) is 0 Å². The van der Waals surface area contributed by atoms with Crippen molar-refractivity contribution in [2.45, 2.75) is 0 Å². The normalized spacial score (nSPS) is 13.8. The van der Waals surface area contributed by atoms with E-state index in [2.05, 4.69) is 0 Å². The molecular weight excluding hydrogens is 286 g/mol. The molecule has 0 bridgehead atoms. The predicted octanol–water partition coefficient (Wildman–Crippen LogP) is -0.616. The van der Waals surface area contributed by atoms with Gasteiger partial charge in [0.05, 0.1) is 0 Å². The maximum absolute atomic E-state index is 13.9. The summed E-state index contributed by atoms with van der Waals surface area (Å²) < 4.78 is 13.9. The smallest absolute Gasteiger partial charge is 0.872 e. The number of para-hydroxylation sites is 1. The summed E-state index contributed by atoms with van der Waals surface area (Å²) in [7, 11) is -3.05. The molecule has 4 rings (SSSR count). The molecule has 2 nitrogen and oxygen atoms in total. The van der Waals surface area contributed by atoms with E-state index < -0.39 is 7.14 Å². The molecule has 0 aromatic heterocycles. The molecule has 102 valence electrons. The molecule has 0 fully saturated rings. The van der Waals surface area contributed by atoms with Crippen LogP contribution >= 0.6 is 7.14 Å². The van der Waals surface area contributed by atoms with E-state index in [-0.39, 0.29) is 24.6 Å². The third-order valence-electron chi connectivity index (χ3n) is 3.98. The van der Waals surface area contributed by atoms with Crippen LogP contribution in [-0.2, 0) is 4.57 Å². The summed E-state index contributed by atoms with van der Waals surface area (Å²) in [6, 6.07) is 22.0. The number of hydrogen-bond donors (Lipinski definition) is 0. The Bertz CT molecular complexity index is 855. The molecule has 0 atom stereocenters. The van der Waals surface area contributed by atoms with Crippen molar-refractivity contribution in [2.75, 3.05) is 0 Å². The quantitative estimate of drug-likeness (QED) is 0.347. The van der Waals surface area contributed by atoms with Crippen LogP contribution in [0.15, 0.2) is 72.8 Å². The molecule has 0 unspecified atom stereocenters. The SMILES string of the molecule is O=P1(c2ccccc2[O-])c2ccccc2-c2ccccc21.[Li+]. The molecule has 0 amide bonds. The fourth-order valence-electron chi connectivity index (χ4n) is 3.06. The van der Waals surface area contributed by atoms with E-state index >= 15 is 0 Å². The molecular formula is C18H12LiO2P. The Morgan fingerprint density at radius 1 is 0.636 bits per heavy atom. The predicted molar refractivity (Wildman–Crippen MR) is 84.3 cm³/mol. The van der Waals surface area contributed by atoms with Gasteiger partial charge in [0.25, 0.3) is 0 Å². The number of hydrogen-bond acceptors (Lipinski definition) is 2. The fourth-order valence-corrected chi connectivity index (χ4v) is 6.18. The van der Waals surface area contributed by atoms with Gasteiger partial charge < -0.3 is 9.67 Å². The van der Waals surface area contributed by atoms with Gasteiger partial charge in [-0.3, -0.25) is 0 Å². The molecule has 0 saturated heterocycles. The van der Waals surface area contributed by atoms with Gasteiger partial charge in [-0.1, -0.05) is 78.5 Å². The van der Waals surface area contributed by atoms with Gasteiger partial charge in [0.1, 0.15) is 0 Å². The average molecular weight is 298 g/mol. The molecule has 0 saturated carbocycles. The van der Waals surface area contributed by atoms with Gasteiger partial charge in [-0.2, -0.15) is 0 Å². The van der Waals surface area contributed by atoms with Gasteiger partial charge in [-0.05, 0) is 11.1 Å². The Morgan fingerprint density at radius 2 is 1.05 bits per heavy atom. The van der Waals surface area contributed by atoms with Gasteiger partial charge in [0, 0.05) is 15.9 Å². The van der Waals surface area contributed by atoms with Gasteiger partial charge in [-0.15, -0.1) is 0 Å². The Labute approximate surface area is 141 Å². The summed E-state index contributed by atoms with van der Waals surface area (Å²) in [4.78, 5) is 0. The van der Waals surface area contributed by atoms with Crippen LogP contribution in [0, 0.1) is 0 Å². The number of benzene rings is 3. The van der Waals surface area contributed by atoms with Gasteiger partial charge in [0.15, 0.2) is 7.14 Å². The van der Waals surface area contributed by atoms with Crippen LogP contribution in [0.5, 0.6) is 5.75 Å². The summed E-state index contributed by atoms with van der Waals surface area (Å²) in [5.41, 5.74) is 1.94. The Kier molecular flexibility index (Phi) is 3.79. The van der Waals surface area contributed by atoms with E-state index in [9.17, 15) is 9.67 Å². The zero-order valence-corrected chi connectivity index (χ0v) is 13.1. The van der Waals surface area contributed by atoms with E-state index in [4.69, 9.17) is 0 Å². The summed E-state index contributed by atoms with van der Waals surface area (Å²) in [6.45, 7) is 0. The molecule has 0 spiro atoms. The van der Waals surface area contributed by atoms with Crippen molar-refractivity contribution in [1.82, 2.24) is 0 Å². The standard InChI is InChI=1S/C18H13O2P.Li/c19-15-9-3-6-12-18(15)21(20)16-10-4-1-7-13(16)14-8-2-5-11-17(14)21;/h1-12,19H;/q;+1/p-1. The Hall–Kier alpha value is -1.71. The van der Waals surface area contributed by atoms with Crippen molar-refractivity contribution in [3.63, 3.8) is 0 Å². The summed E-state index contributed by atoms with van der Waals surface area (Å²) in [5, 5.41) is 14.2. The maximum Gasteiger partial charge on any atom is 1.00 e. The molecule has 1 aliphatic heterocycles. The van der Waals surface area contributed by atoms with E-state index in [1.807, 2.05) is 48.5 Å². The Balaban J connectivity index is 0.00000144. The van der Waals surface area contributed by atoms with Gasteiger partial charge >= 0.3 is 18.9 Å². The third-order valence-corrected chi connectivity index (χ3v) is 7.17. The van der Waals surface area contributed by atoms with Crippen molar-refractivity contribution >= 4 is 23.1 Å². The second-order valence-electron chi connectivity index (χ2n) is 5.11. The van der Waals surface area contributed by atoms with Crippen molar-refractivity contribution in [1.29, 1.82) is 0 Å². The molecule has 1 aliphatic rings. The number of fused-ring (bicyclic) bond motifs is 3. The summed E-state index contributed by atoms with van der Waals surface area (Å²) in [5.74, 6) is -0.160. The zero-order chi connectivity index (χ0) is 14.4. The molecule has 1 heterocycles. The molecule has 0 N–H and O–H groups in total. The molecule has 4 heteroatoms. The monoisotopic (exact) mass is 298 g/mol. The van der Waals surface area contributed by atoms with Crippen molar-refractivity contribution in [3.05, 3.63) is 72.8 Å². The molecule has 0 radical (unpaired) electrons. The van der Waals surface area contributed by atoms with E-state index in [0.29, 0.717) is 5.30 Å². The first-order chi connectivity index (χ1) is 10.2. The zero-order valence-electron chi connectivity index (χ0n) is 12.2. The minimum Gasteiger partial charge on any atom is -0.872 e. The number of rotatable bonds is 1. The van der Waals surface area contributed by atoms with Crippen molar-refractivity contribution in [3.8, 4) is 16.9 Å². The van der Waals surface area contributed by atoms with Crippen LogP contribution in [-0.4, -0.2) is 0 Å². The first-order valence-electron chi connectivity index (χ1n) is 6.79. The largest absolute Gasteiger partial charge is 1.00 e. The van der Waals surface area contributed by atoms with Crippen molar-refractivity contribution < 1.29 is 28.5 Å². The molecule has 0 aliphatic carbocycles. The van der Waals surface area contributed by atoms with Crippen LogP contribution in [0.1, 0.15) is 0 Å². The van der Waals surface area contributed by atoms with E-state index in [1.165, 1.54) is 6.07 Å². The second kappa shape index (κ2) is 5.49. The average Bonchev–Trinajstić information content (AvgIpc) is 2.79. The van der Waals surface area contributed by atoms with Crippen molar-refractivity contribution in [2.24, 2.45) is 0 Å². The van der Waals surface area contributed by atoms with Gasteiger partial charge in [0.2, 0.25) is 0 Å². The maximum atomic E-state index is 13.9. The first kappa shape index (κ1) is 15.2. The molecule has 3 aromatic carbocycles. The summed E-state index contributed by atoms with van der Waals surface area (Å²) >= 11 is 0. The minimum atomic E-state index is -3.05. The van der Waals surface area contributed by atoms with Crippen LogP contribution in [0.4, 0.5) is 0 Å². The van der Waals surface area contributed by atoms with E-state index in [1.54, 1.807) is 18.2 Å². The fraction of sp³-hybridized carbons (Fsp3) is 0. The first-order valence-corrected chi connectivity index (χ1v) is 8.50. The summed E-state index contributed by atoms with van der Waals surface area (Å²) in [6.07, 6.45) is 0. The third kappa shape index (κ3) is 1.92. The van der Waals surface area contributed by atoms with Crippen LogP contribution < -0.4 is 39.9 Å². The van der Waals surface area contributed by atoms with E-state index in [0.717, 1.165) is 21.7 Å². The minimum absolute atomic E-state index is 0. The second-order valence-corrected chi connectivity index (χ2v) is 7.78. The van der Waals surface area contributed by atoms with Crippen LogP contribution in [0.3, 0.4) is 0 Å².